The van der Waals surface area contributed by atoms with E-state index in [9.17, 15) is 9.59 Å². The molecule has 0 unspecified atom stereocenters. The summed E-state index contributed by atoms with van der Waals surface area (Å²) < 4.78 is 10.1. The van der Waals surface area contributed by atoms with Gasteiger partial charge in [0.1, 0.15) is 5.75 Å². The maximum Gasteiger partial charge on any atom is 0.302 e. The first-order valence-electron chi connectivity index (χ1n) is 8.74. The molecule has 0 saturated carbocycles. The highest BCUT2D eigenvalue weighted by Crippen LogP contribution is 2.35. The summed E-state index contributed by atoms with van der Waals surface area (Å²) in [5.41, 5.74) is 2.51. The van der Waals surface area contributed by atoms with Crippen molar-refractivity contribution in [3.63, 3.8) is 0 Å². The number of methoxy groups -OCH3 is 1. The van der Waals surface area contributed by atoms with Crippen LogP contribution in [0.5, 0.6) is 11.5 Å². The summed E-state index contributed by atoms with van der Waals surface area (Å²) in [5.74, 6) is 1.08. The molecule has 1 heterocycles. The molecule has 3 rings (SSSR count). The third-order valence-corrected chi connectivity index (χ3v) is 4.09. The molecule has 0 radical (unpaired) electrons. The van der Waals surface area contributed by atoms with E-state index >= 15 is 0 Å². The van der Waals surface area contributed by atoms with E-state index in [1.165, 1.54) is 14.0 Å². The molecule has 0 aliphatic carbocycles. The highest BCUT2D eigenvalue weighted by molar-refractivity contribution is 6.31. The van der Waals surface area contributed by atoms with Gasteiger partial charge in [0.15, 0.2) is 5.75 Å². The lowest BCUT2D eigenvalue weighted by Gasteiger charge is -2.07. The molecule has 7 heteroatoms. The number of nitrogens with one attached hydrogen (secondary N) is 2. The lowest BCUT2D eigenvalue weighted by Crippen LogP contribution is -2.22. The van der Waals surface area contributed by atoms with Crippen LogP contribution in [0.3, 0.4) is 0 Å². The molecule has 2 N–H and O–H groups in total. The van der Waals surface area contributed by atoms with Crippen molar-refractivity contribution in [3.8, 4) is 11.5 Å². The minimum absolute atomic E-state index is 0.0888. The van der Waals surface area contributed by atoms with Crippen LogP contribution in [0.15, 0.2) is 42.5 Å². The lowest BCUT2D eigenvalue weighted by atomic mass is 10.2. The van der Waals surface area contributed by atoms with Gasteiger partial charge in [-0.3, -0.25) is 9.59 Å². The molecule has 0 atom stereocenters. The Morgan fingerprint density at radius 2 is 1.79 bits per heavy atom. The monoisotopic (exact) mass is 402 g/mol. The Hall–Kier alpha value is -2.99. The molecular formula is C21H23ClN2O4. The zero-order valence-corrected chi connectivity index (χ0v) is 17.0. The number of aryl methyl sites for hydroxylation is 1. The molecule has 0 aliphatic heterocycles. The average Bonchev–Trinajstić information content (AvgIpc) is 2.98. The number of H-pyrrole nitrogens is 1. The fraction of sp³-hybridized carbons (Fsp3) is 0.238. The number of hydrogen-bond acceptors (Lipinski definition) is 4. The molecule has 6 nitrogen and oxygen atoms in total. The van der Waals surface area contributed by atoms with Gasteiger partial charge in [-0.05, 0) is 56.3 Å². The minimum atomic E-state index is -0.245. The molecule has 0 saturated heterocycles. The van der Waals surface area contributed by atoms with E-state index in [1.54, 1.807) is 24.3 Å². The first-order chi connectivity index (χ1) is 13.3. The van der Waals surface area contributed by atoms with Gasteiger partial charge in [0, 0.05) is 35.0 Å². The largest absolute Gasteiger partial charge is 0.469 e. The smallest absolute Gasteiger partial charge is 0.302 e. The molecule has 3 aromatic rings. The number of amides is 1. The Balaban J connectivity index is 0.000000500. The lowest BCUT2D eigenvalue weighted by molar-refractivity contribution is -0.137. The van der Waals surface area contributed by atoms with E-state index in [2.05, 4.69) is 15.0 Å². The van der Waals surface area contributed by atoms with Crippen molar-refractivity contribution in [1.82, 2.24) is 10.3 Å². The van der Waals surface area contributed by atoms with Crippen molar-refractivity contribution < 1.29 is 19.1 Å². The summed E-state index contributed by atoms with van der Waals surface area (Å²) in [6.45, 7) is 5.80. The quantitative estimate of drug-likeness (QED) is 0.611. The van der Waals surface area contributed by atoms with Crippen molar-refractivity contribution in [1.29, 1.82) is 0 Å². The van der Waals surface area contributed by atoms with Gasteiger partial charge in [-0.2, -0.15) is 0 Å². The van der Waals surface area contributed by atoms with Gasteiger partial charge >= 0.3 is 5.97 Å². The minimum Gasteiger partial charge on any atom is -0.469 e. The van der Waals surface area contributed by atoms with Gasteiger partial charge in [0.05, 0.1) is 12.8 Å². The Bertz CT molecular complexity index is 964. The van der Waals surface area contributed by atoms with E-state index in [0.29, 0.717) is 22.9 Å². The number of aromatic amines is 1. The summed E-state index contributed by atoms with van der Waals surface area (Å²) >= 11 is 6.07. The van der Waals surface area contributed by atoms with Crippen molar-refractivity contribution in [2.24, 2.45) is 0 Å². The molecule has 0 aliphatic rings. The molecule has 0 spiro atoms. The molecule has 28 heavy (non-hydrogen) atoms. The standard InChI is InChI=1S/C18H17ClN2O2.C3H6O2/c1-3-20-18(22)12-4-7-14(8-5-12)23-17-11(2)21-16-9-6-13(19)10-15(16)17;1-3(4)5-2/h4-10,21H,3H2,1-2H3,(H,20,22);1-2H3. The van der Waals surface area contributed by atoms with E-state index in [0.717, 1.165) is 22.3 Å². The second-order valence-corrected chi connectivity index (χ2v) is 6.39. The van der Waals surface area contributed by atoms with Gasteiger partial charge in [-0.15, -0.1) is 0 Å². The first-order valence-corrected chi connectivity index (χ1v) is 9.12. The van der Waals surface area contributed by atoms with Gasteiger partial charge in [-0.1, -0.05) is 11.6 Å². The number of aromatic nitrogens is 1. The summed E-state index contributed by atoms with van der Waals surface area (Å²) in [6.07, 6.45) is 0. The van der Waals surface area contributed by atoms with Crippen LogP contribution < -0.4 is 10.1 Å². The third-order valence-electron chi connectivity index (χ3n) is 3.85. The molecular weight excluding hydrogens is 380 g/mol. The fourth-order valence-corrected chi connectivity index (χ4v) is 2.63. The van der Waals surface area contributed by atoms with Crippen LogP contribution in [0.1, 0.15) is 29.9 Å². The van der Waals surface area contributed by atoms with Gasteiger partial charge in [0.25, 0.3) is 5.91 Å². The number of ether oxygens (including phenoxy) is 2. The number of hydrogen-bond donors (Lipinski definition) is 2. The zero-order chi connectivity index (χ0) is 20.7. The highest BCUT2D eigenvalue weighted by atomic mass is 35.5. The van der Waals surface area contributed by atoms with Gasteiger partial charge < -0.3 is 19.8 Å². The summed E-state index contributed by atoms with van der Waals surface area (Å²) in [4.78, 5) is 24.6. The van der Waals surface area contributed by atoms with Gasteiger partial charge in [0.2, 0.25) is 0 Å². The van der Waals surface area contributed by atoms with Crippen molar-refractivity contribution >= 4 is 34.4 Å². The second-order valence-electron chi connectivity index (χ2n) is 5.95. The Labute approximate surface area is 168 Å². The van der Waals surface area contributed by atoms with Crippen LogP contribution in [-0.4, -0.2) is 30.5 Å². The molecule has 1 amide bonds. The van der Waals surface area contributed by atoms with Crippen LogP contribution in [0, 0.1) is 6.92 Å². The maximum absolute atomic E-state index is 11.8. The van der Waals surface area contributed by atoms with Crippen molar-refractivity contribution in [2.45, 2.75) is 20.8 Å². The number of rotatable bonds is 4. The maximum atomic E-state index is 11.8. The Morgan fingerprint density at radius 1 is 1.14 bits per heavy atom. The average molecular weight is 403 g/mol. The van der Waals surface area contributed by atoms with E-state index in [1.807, 2.05) is 32.0 Å². The Morgan fingerprint density at radius 3 is 2.36 bits per heavy atom. The van der Waals surface area contributed by atoms with Gasteiger partial charge in [-0.25, -0.2) is 0 Å². The van der Waals surface area contributed by atoms with Crippen molar-refractivity contribution in [2.75, 3.05) is 13.7 Å². The highest BCUT2D eigenvalue weighted by Gasteiger charge is 2.12. The molecule has 0 bridgehead atoms. The van der Waals surface area contributed by atoms with Crippen LogP contribution in [-0.2, 0) is 9.53 Å². The normalized spacial score (nSPS) is 10.0. The van der Waals surface area contributed by atoms with Crippen LogP contribution in [0.25, 0.3) is 10.9 Å². The predicted octanol–water partition coefficient (Wildman–Crippen LogP) is 4.85. The molecule has 2 aromatic carbocycles. The van der Waals surface area contributed by atoms with Crippen molar-refractivity contribution in [3.05, 3.63) is 58.7 Å². The number of carbonyl (C=O) groups excluding carboxylic acids is 2. The summed E-state index contributed by atoms with van der Waals surface area (Å²) in [7, 11) is 1.35. The summed E-state index contributed by atoms with van der Waals surface area (Å²) in [6, 6.07) is 12.7. The predicted molar refractivity (Wildman–Crippen MR) is 110 cm³/mol. The Kier molecular flexibility index (Phi) is 7.46. The van der Waals surface area contributed by atoms with Crippen LogP contribution >= 0.6 is 11.6 Å². The zero-order valence-electron chi connectivity index (χ0n) is 16.3. The number of halogens is 1. The van der Waals surface area contributed by atoms with Crippen LogP contribution in [0.2, 0.25) is 5.02 Å². The molecule has 1 aromatic heterocycles. The fourth-order valence-electron chi connectivity index (χ4n) is 2.46. The number of benzene rings is 2. The van der Waals surface area contributed by atoms with E-state index in [-0.39, 0.29) is 11.9 Å². The van der Waals surface area contributed by atoms with E-state index in [4.69, 9.17) is 16.3 Å². The topological polar surface area (TPSA) is 80.4 Å². The molecule has 0 fully saturated rings. The second kappa shape index (κ2) is 9.80. The number of fused-ring (bicyclic) bond motifs is 1. The summed E-state index contributed by atoms with van der Waals surface area (Å²) in [5, 5.41) is 4.36. The van der Waals surface area contributed by atoms with Crippen LogP contribution in [0.4, 0.5) is 0 Å². The molecule has 148 valence electrons. The van der Waals surface area contributed by atoms with E-state index < -0.39 is 0 Å². The third kappa shape index (κ3) is 5.50. The first kappa shape index (κ1) is 21.3. The number of esters is 1. The number of carbonyl (C=O) groups is 2. The SMILES string of the molecule is CCNC(=O)c1ccc(Oc2c(C)[nH]c3ccc(Cl)cc23)cc1.COC(C)=O.